The van der Waals surface area contributed by atoms with Crippen molar-refractivity contribution in [3.63, 3.8) is 0 Å². The van der Waals surface area contributed by atoms with E-state index in [-0.39, 0.29) is 18.0 Å². The summed E-state index contributed by atoms with van der Waals surface area (Å²) in [6.07, 6.45) is 1.40. The van der Waals surface area contributed by atoms with Crippen molar-refractivity contribution >= 4 is 21.7 Å². The summed E-state index contributed by atoms with van der Waals surface area (Å²) in [4.78, 5) is 11.6. The van der Waals surface area contributed by atoms with Crippen LogP contribution in [0.4, 0.5) is 4.39 Å². The van der Waals surface area contributed by atoms with Crippen molar-refractivity contribution in [3.05, 3.63) is 34.1 Å². The summed E-state index contributed by atoms with van der Waals surface area (Å²) in [5.74, 6) is -0.339. The molecule has 0 fully saturated rings. The first-order valence-corrected chi connectivity index (χ1v) is 6.46. The van der Waals surface area contributed by atoms with Crippen LogP contribution in [-0.2, 0) is 16.0 Å². The fourth-order valence-corrected chi connectivity index (χ4v) is 1.82. The quantitative estimate of drug-likeness (QED) is 0.720. The molecule has 0 saturated heterocycles. The predicted molar refractivity (Wildman–Crippen MR) is 68.5 cm³/mol. The lowest BCUT2D eigenvalue weighted by Gasteiger charge is -2.04. The van der Waals surface area contributed by atoms with Crippen molar-refractivity contribution in [3.8, 4) is 0 Å². The molecule has 2 nitrogen and oxygen atoms in total. The van der Waals surface area contributed by atoms with Crippen LogP contribution < -0.4 is 0 Å². The minimum atomic E-state index is -0.337. The Labute approximate surface area is 109 Å². The van der Waals surface area contributed by atoms with Gasteiger partial charge >= 0.3 is 0 Å². The number of Topliss-reactive ketones (excluding diaryl/α,β-unsaturated/α-hetero) is 1. The van der Waals surface area contributed by atoms with E-state index in [0.717, 1.165) is 10.9 Å². The summed E-state index contributed by atoms with van der Waals surface area (Å²) >= 11 is 3.26. The Bertz CT molecular complexity index is 380. The number of rotatable bonds is 7. The first-order valence-electron chi connectivity index (χ1n) is 5.67. The molecule has 4 heteroatoms. The van der Waals surface area contributed by atoms with E-state index in [0.29, 0.717) is 25.2 Å². The third kappa shape index (κ3) is 5.41. The molecule has 0 N–H and O–H groups in total. The molecule has 0 aliphatic rings. The molecule has 94 valence electrons. The summed E-state index contributed by atoms with van der Waals surface area (Å²) in [7, 11) is 0. The van der Waals surface area contributed by atoms with Crippen molar-refractivity contribution in [1.29, 1.82) is 0 Å². The zero-order valence-corrected chi connectivity index (χ0v) is 11.4. The van der Waals surface area contributed by atoms with Crippen LogP contribution in [0.2, 0.25) is 0 Å². The van der Waals surface area contributed by atoms with Crippen LogP contribution >= 0.6 is 15.9 Å². The average molecular weight is 303 g/mol. The molecule has 0 aliphatic heterocycles. The summed E-state index contributed by atoms with van der Waals surface area (Å²) in [6, 6.07) is 4.62. The van der Waals surface area contributed by atoms with E-state index in [9.17, 15) is 9.18 Å². The van der Waals surface area contributed by atoms with E-state index in [1.165, 1.54) is 6.07 Å². The average Bonchev–Trinajstić information content (AvgIpc) is 2.29. The fraction of sp³-hybridized carbons (Fsp3) is 0.462. The summed E-state index contributed by atoms with van der Waals surface area (Å²) in [5.41, 5.74) is 0.430. The number of ether oxygens (including phenoxy) is 1. The highest BCUT2D eigenvalue weighted by Crippen LogP contribution is 2.16. The number of carbonyl (C=O) groups is 1. The highest BCUT2D eigenvalue weighted by molar-refractivity contribution is 9.10. The molecule has 1 aromatic rings. The molecule has 0 aromatic heterocycles. The number of benzene rings is 1. The Morgan fingerprint density at radius 1 is 1.41 bits per heavy atom. The van der Waals surface area contributed by atoms with Crippen molar-refractivity contribution in [2.75, 3.05) is 13.2 Å². The van der Waals surface area contributed by atoms with Crippen LogP contribution in [-0.4, -0.2) is 19.0 Å². The molecular formula is C13H16BrFO2. The van der Waals surface area contributed by atoms with Crippen LogP contribution in [0.25, 0.3) is 0 Å². The topological polar surface area (TPSA) is 26.3 Å². The van der Waals surface area contributed by atoms with Gasteiger partial charge in [0.15, 0.2) is 0 Å². The Balaban J connectivity index is 2.42. The van der Waals surface area contributed by atoms with E-state index >= 15 is 0 Å². The highest BCUT2D eigenvalue weighted by atomic mass is 79.9. The van der Waals surface area contributed by atoms with Gasteiger partial charge in [0.25, 0.3) is 0 Å². The molecule has 1 rings (SSSR count). The van der Waals surface area contributed by atoms with Crippen molar-refractivity contribution < 1.29 is 13.9 Å². The van der Waals surface area contributed by atoms with Gasteiger partial charge in [-0.2, -0.15) is 0 Å². The number of hydrogen-bond acceptors (Lipinski definition) is 2. The molecule has 0 amide bonds. The van der Waals surface area contributed by atoms with Crippen molar-refractivity contribution in [2.45, 2.75) is 26.2 Å². The van der Waals surface area contributed by atoms with Gasteiger partial charge in [-0.3, -0.25) is 4.79 Å². The molecule has 17 heavy (non-hydrogen) atoms. The summed E-state index contributed by atoms with van der Waals surface area (Å²) in [6.45, 7) is 3.10. The molecule has 1 aromatic carbocycles. The van der Waals surface area contributed by atoms with Crippen LogP contribution in [0.5, 0.6) is 0 Å². The monoisotopic (exact) mass is 302 g/mol. The third-order valence-corrected chi connectivity index (χ3v) is 2.76. The Morgan fingerprint density at radius 2 is 2.18 bits per heavy atom. The molecule has 0 bridgehead atoms. The lowest BCUT2D eigenvalue weighted by atomic mass is 10.1. The van der Waals surface area contributed by atoms with Crippen LogP contribution in [0, 0.1) is 5.82 Å². The standard InChI is InChI=1S/C13H16BrFO2/c1-2-6-17-7-5-12(16)9-10-8-11(14)3-4-13(10)15/h3-4,8H,2,5-7,9H2,1H3. The second-order valence-electron chi connectivity index (χ2n) is 3.81. The van der Waals surface area contributed by atoms with E-state index in [4.69, 9.17) is 4.74 Å². The predicted octanol–water partition coefficient (Wildman–Crippen LogP) is 3.52. The molecular weight excluding hydrogens is 287 g/mol. The molecule has 0 spiro atoms. The SMILES string of the molecule is CCCOCCC(=O)Cc1cc(Br)ccc1F. The second kappa shape index (κ2) is 7.56. The van der Waals surface area contributed by atoms with Crippen LogP contribution in [0.15, 0.2) is 22.7 Å². The normalized spacial score (nSPS) is 10.5. The van der Waals surface area contributed by atoms with Gasteiger partial charge < -0.3 is 4.74 Å². The van der Waals surface area contributed by atoms with Crippen molar-refractivity contribution in [1.82, 2.24) is 0 Å². The first-order chi connectivity index (χ1) is 8.13. The van der Waals surface area contributed by atoms with E-state index in [1.807, 2.05) is 6.92 Å². The van der Waals surface area contributed by atoms with E-state index in [1.54, 1.807) is 12.1 Å². The second-order valence-corrected chi connectivity index (χ2v) is 4.73. The van der Waals surface area contributed by atoms with Gasteiger partial charge in [-0.1, -0.05) is 22.9 Å². The Hall–Kier alpha value is -0.740. The molecule has 0 saturated carbocycles. The lowest BCUT2D eigenvalue weighted by Crippen LogP contribution is -2.08. The fourth-order valence-electron chi connectivity index (χ4n) is 1.41. The van der Waals surface area contributed by atoms with E-state index in [2.05, 4.69) is 15.9 Å². The van der Waals surface area contributed by atoms with Gasteiger partial charge in [-0.25, -0.2) is 4.39 Å². The van der Waals surface area contributed by atoms with Crippen LogP contribution in [0.3, 0.4) is 0 Å². The number of halogens is 2. The maximum absolute atomic E-state index is 13.4. The number of ketones is 1. The molecule has 0 heterocycles. The smallest absolute Gasteiger partial charge is 0.139 e. The zero-order chi connectivity index (χ0) is 12.7. The molecule has 0 aliphatic carbocycles. The van der Waals surface area contributed by atoms with Crippen LogP contribution in [0.1, 0.15) is 25.3 Å². The van der Waals surface area contributed by atoms with E-state index < -0.39 is 0 Å². The van der Waals surface area contributed by atoms with Gasteiger partial charge in [0.2, 0.25) is 0 Å². The lowest BCUT2D eigenvalue weighted by molar-refractivity contribution is -0.119. The summed E-state index contributed by atoms with van der Waals surface area (Å²) < 4.78 is 19.4. The maximum Gasteiger partial charge on any atom is 0.139 e. The maximum atomic E-state index is 13.4. The van der Waals surface area contributed by atoms with Gasteiger partial charge in [0.05, 0.1) is 6.61 Å². The number of hydrogen-bond donors (Lipinski definition) is 0. The third-order valence-electron chi connectivity index (χ3n) is 2.27. The highest BCUT2D eigenvalue weighted by Gasteiger charge is 2.08. The molecule has 0 unspecified atom stereocenters. The Kier molecular flexibility index (Phi) is 6.37. The summed E-state index contributed by atoms with van der Waals surface area (Å²) in [5, 5.41) is 0. The van der Waals surface area contributed by atoms with Gasteiger partial charge in [-0.15, -0.1) is 0 Å². The van der Waals surface area contributed by atoms with Gasteiger partial charge in [-0.05, 0) is 30.2 Å². The minimum absolute atomic E-state index is 0.00176. The first kappa shape index (κ1) is 14.3. The molecule has 0 radical (unpaired) electrons. The Morgan fingerprint density at radius 3 is 2.88 bits per heavy atom. The zero-order valence-electron chi connectivity index (χ0n) is 9.84. The minimum Gasteiger partial charge on any atom is -0.381 e. The molecule has 0 atom stereocenters. The largest absolute Gasteiger partial charge is 0.381 e. The van der Waals surface area contributed by atoms with Crippen molar-refractivity contribution in [2.24, 2.45) is 0 Å². The van der Waals surface area contributed by atoms with Gasteiger partial charge in [0.1, 0.15) is 11.6 Å². The number of carbonyl (C=O) groups excluding carboxylic acids is 1. The van der Waals surface area contributed by atoms with Gasteiger partial charge in [0, 0.05) is 23.9 Å².